The number of nitriles is 1. The molecule has 1 aromatic heterocycles. The summed E-state index contributed by atoms with van der Waals surface area (Å²) in [5.41, 5.74) is 0.555. The van der Waals surface area contributed by atoms with Gasteiger partial charge in [-0.05, 0) is 19.1 Å². The molecule has 0 bridgehead atoms. The highest BCUT2D eigenvalue weighted by atomic mass is 32.2. The molecule has 2 rings (SSSR count). The molecular weight excluding hydrogens is 274 g/mol. The number of benzene rings is 1. The van der Waals surface area contributed by atoms with Gasteiger partial charge in [0.25, 0.3) is 5.56 Å². The number of ether oxygens (including phenoxy) is 1. The van der Waals surface area contributed by atoms with Crippen LogP contribution in [0, 0.1) is 11.3 Å². The van der Waals surface area contributed by atoms with E-state index in [1.54, 1.807) is 30.7 Å². The van der Waals surface area contributed by atoms with Gasteiger partial charge in [-0.3, -0.25) is 9.36 Å². The molecule has 0 N–H and O–H groups in total. The summed E-state index contributed by atoms with van der Waals surface area (Å²) in [6.07, 6.45) is 0. The summed E-state index contributed by atoms with van der Waals surface area (Å²) in [4.78, 5) is 17.0. The third-order valence-corrected chi connectivity index (χ3v) is 3.79. The Labute approximate surface area is 121 Å². The molecule has 0 saturated carbocycles. The van der Waals surface area contributed by atoms with Gasteiger partial charge in [0.05, 0.1) is 35.4 Å². The van der Waals surface area contributed by atoms with Gasteiger partial charge in [-0.2, -0.15) is 5.26 Å². The number of hydrogen-bond acceptors (Lipinski definition) is 5. The Morgan fingerprint density at radius 1 is 1.50 bits per heavy atom. The maximum absolute atomic E-state index is 12.5. The van der Waals surface area contributed by atoms with Crippen LogP contribution in [0.1, 0.15) is 6.92 Å². The van der Waals surface area contributed by atoms with Gasteiger partial charge in [0.2, 0.25) is 0 Å². The van der Waals surface area contributed by atoms with Crippen molar-refractivity contribution in [1.82, 2.24) is 9.55 Å². The third kappa shape index (κ3) is 3.00. The average Bonchev–Trinajstić information content (AvgIpc) is 2.47. The number of fused-ring (bicyclic) bond motifs is 1. The first-order valence-electron chi connectivity index (χ1n) is 6.22. The van der Waals surface area contributed by atoms with Gasteiger partial charge in [0.1, 0.15) is 0 Å². The van der Waals surface area contributed by atoms with E-state index in [1.807, 2.05) is 12.1 Å². The minimum absolute atomic E-state index is 0.0970. The number of hydrogen-bond donors (Lipinski definition) is 0. The van der Waals surface area contributed by atoms with Crippen molar-refractivity contribution < 1.29 is 4.74 Å². The summed E-state index contributed by atoms with van der Waals surface area (Å²) in [6, 6.07) is 9.36. The lowest BCUT2D eigenvalue weighted by Gasteiger charge is -2.13. The molecule has 5 nitrogen and oxygen atoms in total. The molecule has 0 saturated heterocycles. The number of aromatic nitrogens is 2. The molecule has 6 heteroatoms. The van der Waals surface area contributed by atoms with Gasteiger partial charge in [0.15, 0.2) is 5.16 Å². The molecule has 0 spiro atoms. The predicted molar refractivity (Wildman–Crippen MR) is 78.8 cm³/mol. The van der Waals surface area contributed by atoms with Crippen LogP contribution in [0.2, 0.25) is 0 Å². The van der Waals surface area contributed by atoms with E-state index in [9.17, 15) is 4.79 Å². The number of methoxy groups -OCH3 is 1. The Morgan fingerprint density at radius 3 is 2.95 bits per heavy atom. The lowest BCUT2D eigenvalue weighted by Crippen LogP contribution is -2.25. The van der Waals surface area contributed by atoms with E-state index in [0.29, 0.717) is 29.2 Å². The van der Waals surface area contributed by atoms with Gasteiger partial charge < -0.3 is 4.74 Å². The average molecular weight is 289 g/mol. The molecule has 0 fully saturated rings. The molecule has 0 aliphatic carbocycles. The molecule has 1 atom stereocenters. The van der Waals surface area contributed by atoms with Crippen molar-refractivity contribution >= 4 is 22.7 Å². The molecule has 0 radical (unpaired) electrons. The SMILES string of the molecule is COCCn1c(S[C@H](C)C#N)nc2ccccc2c1=O. The zero-order valence-corrected chi connectivity index (χ0v) is 12.2. The monoisotopic (exact) mass is 289 g/mol. The summed E-state index contributed by atoms with van der Waals surface area (Å²) >= 11 is 1.28. The lowest BCUT2D eigenvalue weighted by atomic mass is 10.2. The normalized spacial score (nSPS) is 12.2. The van der Waals surface area contributed by atoms with Gasteiger partial charge in [-0.1, -0.05) is 23.9 Å². The molecule has 104 valence electrons. The summed E-state index contributed by atoms with van der Waals surface area (Å²) < 4.78 is 6.61. The molecule has 0 aliphatic rings. The van der Waals surface area contributed by atoms with Crippen LogP contribution in [0.3, 0.4) is 0 Å². The van der Waals surface area contributed by atoms with E-state index in [2.05, 4.69) is 11.1 Å². The first-order valence-corrected chi connectivity index (χ1v) is 7.10. The van der Waals surface area contributed by atoms with Crippen LogP contribution in [0.4, 0.5) is 0 Å². The second kappa shape index (κ2) is 6.55. The fourth-order valence-corrected chi connectivity index (χ4v) is 2.62. The second-order valence-corrected chi connectivity index (χ2v) is 5.56. The highest BCUT2D eigenvalue weighted by Crippen LogP contribution is 2.21. The number of rotatable bonds is 5. The zero-order valence-electron chi connectivity index (χ0n) is 11.4. The molecule has 1 heterocycles. The van der Waals surface area contributed by atoms with Crippen molar-refractivity contribution in [2.24, 2.45) is 0 Å². The van der Waals surface area contributed by atoms with E-state index in [1.165, 1.54) is 11.8 Å². The maximum atomic E-state index is 12.5. The summed E-state index contributed by atoms with van der Waals surface area (Å²) in [5.74, 6) is 0. The largest absolute Gasteiger partial charge is 0.383 e. The lowest BCUT2D eigenvalue weighted by molar-refractivity contribution is 0.183. The number of para-hydroxylation sites is 1. The quantitative estimate of drug-likeness (QED) is 0.622. The third-order valence-electron chi connectivity index (χ3n) is 2.81. The van der Waals surface area contributed by atoms with Crippen molar-refractivity contribution in [3.05, 3.63) is 34.6 Å². The molecule has 2 aromatic rings. The van der Waals surface area contributed by atoms with Gasteiger partial charge in [-0.25, -0.2) is 4.98 Å². The van der Waals surface area contributed by atoms with Crippen LogP contribution in [0.15, 0.2) is 34.2 Å². The van der Waals surface area contributed by atoms with Crippen molar-refractivity contribution in [3.63, 3.8) is 0 Å². The van der Waals surface area contributed by atoms with Crippen molar-refractivity contribution in [2.75, 3.05) is 13.7 Å². The second-order valence-electron chi connectivity index (χ2n) is 4.25. The van der Waals surface area contributed by atoms with Crippen LogP contribution < -0.4 is 5.56 Å². The molecule has 20 heavy (non-hydrogen) atoms. The van der Waals surface area contributed by atoms with E-state index < -0.39 is 0 Å². The highest BCUT2D eigenvalue weighted by molar-refractivity contribution is 8.00. The standard InChI is InChI=1S/C14H15N3O2S/c1-10(9-15)20-14-16-12-6-4-3-5-11(12)13(18)17(14)7-8-19-2/h3-6,10H,7-8H2,1-2H3/t10-/m1/s1. The van der Waals surface area contributed by atoms with Crippen LogP contribution in [-0.2, 0) is 11.3 Å². The number of nitrogens with zero attached hydrogens (tertiary/aromatic N) is 3. The molecular formula is C14H15N3O2S. The molecule has 1 aromatic carbocycles. The maximum Gasteiger partial charge on any atom is 0.262 e. The Bertz CT molecular complexity index is 706. The van der Waals surface area contributed by atoms with Gasteiger partial charge in [-0.15, -0.1) is 0 Å². The smallest absolute Gasteiger partial charge is 0.262 e. The first-order chi connectivity index (χ1) is 9.67. The Balaban J connectivity index is 2.57. The topological polar surface area (TPSA) is 67.9 Å². The van der Waals surface area contributed by atoms with Gasteiger partial charge >= 0.3 is 0 Å². The Hall–Kier alpha value is -1.84. The van der Waals surface area contributed by atoms with E-state index in [0.717, 1.165) is 0 Å². The van der Waals surface area contributed by atoms with Crippen molar-refractivity contribution in [1.29, 1.82) is 5.26 Å². The Morgan fingerprint density at radius 2 is 2.25 bits per heavy atom. The van der Waals surface area contributed by atoms with Crippen LogP contribution >= 0.6 is 11.8 Å². The van der Waals surface area contributed by atoms with Crippen LogP contribution in [0.5, 0.6) is 0 Å². The van der Waals surface area contributed by atoms with Crippen molar-refractivity contribution in [2.45, 2.75) is 23.9 Å². The fraction of sp³-hybridized carbons (Fsp3) is 0.357. The van der Waals surface area contributed by atoms with E-state index >= 15 is 0 Å². The summed E-state index contributed by atoms with van der Waals surface area (Å²) in [5, 5.41) is 9.80. The molecule has 0 aliphatic heterocycles. The highest BCUT2D eigenvalue weighted by Gasteiger charge is 2.13. The number of thioether (sulfide) groups is 1. The van der Waals surface area contributed by atoms with Crippen LogP contribution in [0.25, 0.3) is 10.9 Å². The minimum Gasteiger partial charge on any atom is -0.383 e. The fourth-order valence-electron chi connectivity index (χ4n) is 1.80. The van der Waals surface area contributed by atoms with Crippen LogP contribution in [-0.4, -0.2) is 28.5 Å². The first kappa shape index (κ1) is 14.6. The molecule has 0 unspecified atom stereocenters. The predicted octanol–water partition coefficient (Wildman–Crippen LogP) is 2.05. The minimum atomic E-state index is -0.267. The molecule has 0 amide bonds. The van der Waals surface area contributed by atoms with E-state index in [-0.39, 0.29) is 10.8 Å². The summed E-state index contributed by atoms with van der Waals surface area (Å²) in [6.45, 7) is 2.63. The Kier molecular flexibility index (Phi) is 4.77. The van der Waals surface area contributed by atoms with E-state index in [4.69, 9.17) is 10.00 Å². The van der Waals surface area contributed by atoms with Gasteiger partial charge in [0, 0.05) is 7.11 Å². The zero-order chi connectivity index (χ0) is 14.5. The summed E-state index contributed by atoms with van der Waals surface area (Å²) in [7, 11) is 1.59. The van der Waals surface area contributed by atoms with Crippen molar-refractivity contribution in [3.8, 4) is 6.07 Å².